The Morgan fingerprint density at radius 3 is 2.95 bits per heavy atom. The van der Waals surface area contributed by atoms with Gasteiger partial charge in [-0.3, -0.25) is 4.79 Å². The topological polar surface area (TPSA) is 64.9 Å². The van der Waals surface area contributed by atoms with Crippen LogP contribution in [-0.4, -0.2) is 12.5 Å². The van der Waals surface area contributed by atoms with E-state index in [9.17, 15) is 4.79 Å². The molecule has 4 heteroatoms. The second-order valence-corrected chi connectivity index (χ2v) is 5.54. The first-order chi connectivity index (χ1) is 9.21. The molecular formula is C15H17N3O. The van der Waals surface area contributed by atoms with Gasteiger partial charge in [0.1, 0.15) is 0 Å². The van der Waals surface area contributed by atoms with Crippen LogP contribution < -0.4 is 10.6 Å². The molecule has 1 aliphatic heterocycles. The zero-order chi connectivity index (χ0) is 13.3. The number of rotatable bonds is 4. The number of carbonyl (C=O) groups is 1. The Bertz CT molecular complexity index is 555. The number of nitrogens with one attached hydrogen (secondary N) is 2. The molecule has 2 aliphatic rings. The van der Waals surface area contributed by atoms with E-state index in [-0.39, 0.29) is 11.3 Å². The molecule has 1 saturated carbocycles. The number of fused-ring (bicyclic) bond motifs is 1. The summed E-state index contributed by atoms with van der Waals surface area (Å²) in [4.78, 5) is 11.3. The molecule has 4 nitrogen and oxygen atoms in total. The van der Waals surface area contributed by atoms with Gasteiger partial charge in [-0.25, -0.2) is 0 Å². The van der Waals surface area contributed by atoms with Crippen molar-refractivity contribution < 1.29 is 4.79 Å². The van der Waals surface area contributed by atoms with Gasteiger partial charge in [0.25, 0.3) is 0 Å². The van der Waals surface area contributed by atoms with E-state index in [1.807, 2.05) is 12.1 Å². The minimum Gasteiger partial charge on any atom is -0.326 e. The van der Waals surface area contributed by atoms with Gasteiger partial charge in [-0.2, -0.15) is 5.26 Å². The van der Waals surface area contributed by atoms with Crippen molar-refractivity contribution in [1.29, 1.82) is 5.26 Å². The smallest absolute Gasteiger partial charge is 0.224 e. The van der Waals surface area contributed by atoms with Crippen LogP contribution in [0.25, 0.3) is 0 Å². The number of hydrogen-bond acceptors (Lipinski definition) is 3. The van der Waals surface area contributed by atoms with Gasteiger partial charge in [0, 0.05) is 25.2 Å². The number of nitriles is 1. The molecule has 3 rings (SSSR count). The Morgan fingerprint density at radius 1 is 1.37 bits per heavy atom. The summed E-state index contributed by atoms with van der Waals surface area (Å²) in [6, 6.07) is 8.53. The van der Waals surface area contributed by atoms with Gasteiger partial charge < -0.3 is 10.6 Å². The van der Waals surface area contributed by atoms with Gasteiger partial charge in [-0.15, -0.1) is 0 Å². The molecule has 1 amide bonds. The van der Waals surface area contributed by atoms with E-state index in [1.165, 1.54) is 11.1 Å². The molecule has 98 valence electrons. The molecule has 0 atom stereocenters. The van der Waals surface area contributed by atoms with E-state index in [1.54, 1.807) is 0 Å². The Kier molecular flexibility index (Phi) is 3.00. The summed E-state index contributed by atoms with van der Waals surface area (Å²) in [5.74, 6) is 0.100. The third-order valence-electron chi connectivity index (χ3n) is 3.95. The van der Waals surface area contributed by atoms with Crippen LogP contribution >= 0.6 is 0 Å². The van der Waals surface area contributed by atoms with Crippen molar-refractivity contribution in [1.82, 2.24) is 5.32 Å². The average Bonchev–Trinajstić information content (AvgIpc) is 3.19. The Morgan fingerprint density at radius 2 is 2.21 bits per heavy atom. The molecule has 0 aromatic heterocycles. The van der Waals surface area contributed by atoms with Gasteiger partial charge in [-0.05, 0) is 36.5 Å². The van der Waals surface area contributed by atoms with Crippen molar-refractivity contribution in [2.75, 3.05) is 11.9 Å². The predicted octanol–water partition coefficient (Wildman–Crippen LogP) is 1.96. The van der Waals surface area contributed by atoms with Crippen LogP contribution in [-0.2, 0) is 17.8 Å². The lowest BCUT2D eigenvalue weighted by Crippen LogP contribution is -2.23. The molecule has 0 saturated heterocycles. The van der Waals surface area contributed by atoms with Gasteiger partial charge in [-0.1, -0.05) is 12.1 Å². The first-order valence-electron chi connectivity index (χ1n) is 6.74. The second kappa shape index (κ2) is 4.67. The lowest BCUT2D eigenvalue weighted by Gasteiger charge is -2.18. The fraction of sp³-hybridized carbons (Fsp3) is 0.467. The van der Waals surface area contributed by atoms with Crippen LogP contribution in [0.5, 0.6) is 0 Å². The van der Waals surface area contributed by atoms with Crippen molar-refractivity contribution >= 4 is 11.6 Å². The highest BCUT2D eigenvalue weighted by Crippen LogP contribution is 2.44. The lowest BCUT2D eigenvalue weighted by atomic mass is 10.0. The Hall–Kier alpha value is -1.86. The van der Waals surface area contributed by atoms with E-state index in [2.05, 4.69) is 22.8 Å². The maximum absolute atomic E-state index is 11.3. The molecule has 1 aliphatic carbocycles. The van der Waals surface area contributed by atoms with Crippen LogP contribution in [0.2, 0.25) is 0 Å². The second-order valence-electron chi connectivity index (χ2n) is 5.54. The SMILES string of the molecule is N#CC1(CNCc2ccc3c(c2)CCC(=O)N3)CC1. The number of benzene rings is 1. The summed E-state index contributed by atoms with van der Waals surface area (Å²) in [5, 5.41) is 15.3. The van der Waals surface area contributed by atoms with E-state index < -0.39 is 0 Å². The van der Waals surface area contributed by atoms with Crippen molar-refractivity contribution in [3.05, 3.63) is 29.3 Å². The molecular weight excluding hydrogens is 238 g/mol. The summed E-state index contributed by atoms with van der Waals surface area (Å²) >= 11 is 0. The number of aryl methyl sites for hydroxylation is 1. The first kappa shape index (κ1) is 12.2. The predicted molar refractivity (Wildman–Crippen MR) is 72.4 cm³/mol. The van der Waals surface area contributed by atoms with Crippen LogP contribution in [0.4, 0.5) is 5.69 Å². The highest BCUT2D eigenvalue weighted by molar-refractivity contribution is 5.93. The molecule has 2 N–H and O–H groups in total. The average molecular weight is 255 g/mol. The molecule has 0 spiro atoms. The van der Waals surface area contributed by atoms with E-state index >= 15 is 0 Å². The van der Waals surface area contributed by atoms with Crippen molar-refractivity contribution in [2.45, 2.75) is 32.2 Å². The molecule has 1 aromatic rings. The maximum atomic E-state index is 11.3. The highest BCUT2D eigenvalue weighted by Gasteiger charge is 2.42. The Balaban J connectivity index is 1.60. The number of carbonyl (C=O) groups excluding carboxylic acids is 1. The molecule has 0 unspecified atom stereocenters. The van der Waals surface area contributed by atoms with Crippen LogP contribution in [0, 0.1) is 16.7 Å². The highest BCUT2D eigenvalue weighted by atomic mass is 16.1. The summed E-state index contributed by atoms with van der Waals surface area (Å²) in [6.07, 6.45) is 3.43. The van der Waals surface area contributed by atoms with Crippen molar-refractivity contribution in [3.63, 3.8) is 0 Å². The van der Waals surface area contributed by atoms with Crippen LogP contribution in [0.3, 0.4) is 0 Å². The zero-order valence-corrected chi connectivity index (χ0v) is 10.8. The van der Waals surface area contributed by atoms with Gasteiger partial charge in [0.15, 0.2) is 0 Å². The first-order valence-corrected chi connectivity index (χ1v) is 6.74. The number of nitrogens with zero attached hydrogens (tertiary/aromatic N) is 1. The number of amides is 1. The maximum Gasteiger partial charge on any atom is 0.224 e. The summed E-state index contributed by atoms with van der Waals surface area (Å²) < 4.78 is 0. The monoisotopic (exact) mass is 255 g/mol. The summed E-state index contributed by atoms with van der Waals surface area (Å²) in [5.41, 5.74) is 3.27. The standard InChI is InChI=1S/C15H17N3O/c16-9-15(5-6-15)10-17-8-11-1-3-13-12(7-11)2-4-14(19)18-13/h1,3,7,17H,2,4-6,8,10H2,(H,18,19). The summed E-state index contributed by atoms with van der Waals surface area (Å²) in [7, 11) is 0. The Labute approximate surface area is 112 Å². The quantitative estimate of drug-likeness (QED) is 0.864. The number of anilines is 1. The van der Waals surface area contributed by atoms with Crippen LogP contribution in [0.15, 0.2) is 18.2 Å². The molecule has 0 bridgehead atoms. The van der Waals surface area contributed by atoms with Crippen molar-refractivity contribution in [3.8, 4) is 6.07 Å². The fourth-order valence-corrected chi connectivity index (χ4v) is 2.47. The molecule has 1 heterocycles. The largest absolute Gasteiger partial charge is 0.326 e. The van der Waals surface area contributed by atoms with E-state index in [0.717, 1.165) is 38.0 Å². The normalized spacial score (nSPS) is 19.2. The minimum atomic E-state index is -0.0951. The fourth-order valence-electron chi connectivity index (χ4n) is 2.47. The van der Waals surface area contributed by atoms with Crippen molar-refractivity contribution in [2.24, 2.45) is 5.41 Å². The summed E-state index contributed by atoms with van der Waals surface area (Å²) in [6.45, 7) is 1.56. The zero-order valence-electron chi connectivity index (χ0n) is 10.8. The molecule has 1 fully saturated rings. The number of hydrogen-bond donors (Lipinski definition) is 2. The van der Waals surface area contributed by atoms with Gasteiger partial charge >= 0.3 is 0 Å². The molecule has 0 radical (unpaired) electrons. The lowest BCUT2D eigenvalue weighted by molar-refractivity contribution is -0.116. The minimum absolute atomic E-state index is 0.0951. The van der Waals surface area contributed by atoms with Gasteiger partial charge in [0.05, 0.1) is 11.5 Å². The third-order valence-corrected chi connectivity index (χ3v) is 3.95. The van der Waals surface area contributed by atoms with Gasteiger partial charge in [0.2, 0.25) is 5.91 Å². The third kappa shape index (κ3) is 2.61. The van der Waals surface area contributed by atoms with E-state index in [4.69, 9.17) is 5.26 Å². The molecule has 19 heavy (non-hydrogen) atoms. The van der Waals surface area contributed by atoms with E-state index in [0.29, 0.717) is 6.42 Å². The van der Waals surface area contributed by atoms with Crippen LogP contribution in [0.1, 0.15) is 30.4 Å². The molecule has 1 aromatic carbocycles.